The van der Waals surface area contributed by atoms with Crippen molar-refractivity contribution in [3.8, 4) is 0 Å². The van der Waals surface area contributed by atoms with E-state index in [2.05, 4.69) is 0 Å². The Morgan fingerprint density at radius 1 is 1.20 bits per heavy atom. The average molecular weight is 216 g/mol. The molecule has 0 aliphatic rings. The van der Waals surface area contributed by atoms with Crippen LogP contribution in [0.15, 0.2) is 0 Å². The van der Waals surface area contributed by atoms with Crippen LogP contribution in [0.3, 0.4) is 0 Å². The Balaban J connectivity index is 4.96. The van der Waals surface area contributed by atoms with Crippen molar-refractivity contribution in [1.29, 1.82) is 0 Å². The highest BCUT2D eigenvalue weighted by atomic mass is 16.4. The summed E-state index contributed by atoms with van der Waals surface area (Å²) in [4.78, 5) is 25.3. The lowest BCUT2D eigenvalue weighted by Gasteiger charge is -2.38. The zero-order valence-corrected chi connectivity index (χ0v) is 10.2. The maximum atomic E-state index is 11.7. The number of carboxylic acid groups (broad SMARTS) is 1. The highest BCUT2D eigenvalue weighted by Gasteiger charge is 2.34. The number of amides is 2. The van der Waals surface area contributed by atoms with Gasteiger partial charge in [-0.3, -0.25) is 9.69 Å². The summed E-state index contributed by atoms with van der Waals surface area (Å²) in [6, 6.07) is -0.669. The molecule has 0 spiro atoms. The van der Waals surface area contributed by atoms with Gasteiger partial charge >= 0.3 is 6.09 Å². The molecule has 1 atom stereocenters. The van der Waals surface area contributed by atoms with Crippen LogP contribution in [0.4, 0.5) is 4.79 Å². The van der Waals surface area contributed by atoms with E-state index in [0.717, 1.165) is 4.90 Å². The number of rotatable bonds is 2. The first-order valence-corrected chi connectivity index (χ1v) is 4.82. The van der Waals surface area contributed by atoms with Gasteiger partial charge in [0.1, 0.15) is 6.04 Å². The largest absolute Gasteiger partial charge is 0.465 e. The molecule has 0 saturated heterocycles. The van der Waals surface area contributed by atoms with Crippen LogP contribution in [0.1, 0.15) is 27.7 Å². The van der Waals surface area contributed by atoms with Gasteiger partial charge in [0, 0.05) is 19.6 Å². The monoisotopic (exact) mass is 216 g/mol. The molecule has 0 aliphatic carbocycles. The van der Waals surface area contributed by atoms with Crippen LogP contribution < -0.4 is 0 Å². The van der Waals surface area contributed by atoms with Gasteiger partial charge in [-0.2, -0.15) is 0 Å². The second-order valence-electron chi connectivity index (χ2n) is 4.73. The van der Waals surface area contributed by atoms with Gasteiger partial charge in [0.2, 0.25) is 5.91 Å². The molecule has 0 radical (unpaired) electrons. The molecule has 0 unspecified atom stereocenters. The molecule has 2 amide bonds. The van der Waals surface area contributed by atoms with Crippen molar-refractivity contribution in [1.82, 2.24) is 9.80 Å². The fourth-order valence-corrected chi connectivity index (χ4v) is 1.52. The van der Waals surface area contributed by atoms with Crippen LogP contribution in [-0.2, 0) is 4.79 Å². The molecule has 0 aromatic heterocycles. The molecule has 1 N–H and O–H groups in total. The molecule has 0 aliphatic heterocycles. The SMILES string of the molecule is C[C@@H](C(=O)N(C)C)N(C(=O)O)C(C)(C)C. The summed E-state index contributed by atoms with van der Waals surface area (Å²) in [5, 5.41) is 9.07. The highest BCUT2D eigenvalue weighted by molar-refractivity contribution is 5.84. The van der Waals surface area contributed by atoms with Gasteiger partial charge in [-0.15, -0.1) is 0 Å². The van der Waals surface area contributed by atoms with Crippen molar-refractivity contribution in [3.05, 3.63) is 0 Å². The van der Waals surface area contributed by atoms with Gasteiger partial charge in [-0.1, -0.05) is 0 Å². The van der Waals surface area contributed by atoms with E-state index < -0.39 is 17.7 Å². The summed E-state index contributed by atoms with van der Waals surface area (Å²) < 4.78 is 0. The second kappa shape index (κ2) is 4.51. The molecule has 0 aromatic carbocycles. The maximum absolute atomic E-state index is 11.7. The summed E-state index contributed by atoms with van der Waals surface area (Å²) in [6.07, 6.45) is -1.08. The van der Waals surface area contributed by atoms with Crippen molar-refractivity contribution >= 4 is 12.0 Å². The lowest BCUT2D eigenvalue weighted by molar-refractivity contribution is -0.134. The lowest BCUT2D eigenvalue weighted by Crippen LogP contribution is -2.55. The first kappa shape index (κ1) is 13.7. The summed E-state index contributed by atoms with van der Waals surface area (Å²) in [7, 11) is 3.23. The fraction of sp³-hybridized carbons (Fsp3) is 0.800. The van der Waals surface area contributed by atoms with Crippen molar-refractivity contribution in [2.75, 3.05) is 14.1 Å². The Hall–Kier alpha value is -1.26. The highest BCUT2D eigenvalue weighted by Crippen LogP contribution is 2.18. The van der Waals surface area contributed by atoms with Gasteiger partial charge < -0.3 is 10.0 Å². The van der Waals surface area contributed by atoms with E-state index >= 15 is 0 Å². The van der Waals surface area contributed by atoms with Gasteiger partial charge in [-0.05, 0) is 27.7 Å². The molecule has 0 fully saturated rings. The fourth-order valence-electron chi connectivity index (χ4n) is 1.52. The summed E-state index contributed by atoms with van der Waals surface area (Å²) in [5.41, 5.74) is -0.586. The molecular weight excluding hydrogens is 196 g/mol. The molecule has 5 nitrogen and oxygen atoms in total. The van der Waals surface area contributed by atoms with E-state index in [4.69, 9.17) is 5.11 Å². The van der Waals surface area contributed by atoms with Gasteiger partial charge in [0.15, 0.2) is 0 Å². The Labute approximate surface area is 90.7 Å². The first-order chi connectivity index (χ1) is 6.59. The number of carbonyl (C=O) groups is 2. The van der Waals surface area contributed by atoms with Crippen LogP contribution >= 0.6 is 0 Å². The maximum Gasteiger partial charge on any atom is 0.408 e. The second-order valence-corrected chi connectivity index (χ2v) is 4.73. The Bertz CT molecular complexity index is 256. The van der Waals surface area contributed by atoms with Crippen LogP contribution in [0.5, 0.6) is 0 Å². The third-order valence-electron chi connectivity index (χ3n) is 2.11. The molecule has 0 rings (SSSR count). The van der Waals surface area contributed by atoms with Gasteiger partial charge in [-0.25, -0.2) is 4.79 Å². The Kier molecular flexibility index (Phi) is 4.13. The minimum Gasteiger partial charge on any atom is -0.465 e. The standard InChI is InChI=1S/C10H20N2O3/c1-7(8(13)11(5)6)12(9(14)15)10(2,3)4/h7H,1-6H3,(H,14,15)/t7-/m0/s1. The van der Waals surface area contributed by atoms with E-state index in [9.17, 15) is 9.59 Å². The quantitative estimate of drug-likeness (QED) is 0.755. The Morgan fingerprint density at radius 3 is 1.80 bits per heavy atom. The molecule has 15 heavy (non-hydrogen) atoms. The van der Waals surface area contributed by atoms with Crippen LogP contribution in [0.25, 0.3) is 0 Å². The zero-order valence-electron chi connectivity index (χ0n) is 10.2. The average Bonchev–Trinajstić information content (AvgIpc) is 1.98. The third kappa shape index (κ3) is 3.42. The van der Waals surface area contributed by atoms with Crippen molar-refractivity contribution in [2.45, 2.75) is 39.3 Å². The molecular formula is C10H20N2O3. The Morgan fingerprint density at radius 2 is 1.60 bits per heavy atom. The molecule has 0 saturated carbocycles. The molecule has 0 aromatic rings. The van der Waals surface area contributed by atoms with E-state index in [0.29, 0.717) is 0 Å². The lowest BCUT2D eigenvalue weighted by atomic mass is 10.0. The summed E-state index contributed by atoms with van der Waals surface area (Å²) in [6.45, 7) is 6.89. The number of nitrogens with zero attached hydrogens (tertiary/aromatic N) is 2. The summed E-state index contributed by atoms with van der Waals surface area (Å²) in [5.74, 6) is -0.215. The number of carbonyl (C=O) groups excluding carboxylic acids is 1. The predicted molar refractivity (Wildman–Crippen MR) is 57.8 cm³/mol. The molecule has 88 valence electrons. The predicted octanol–water partition coefficient (Wildman–Crippen LogP) is 1.24. The normalized spacial score (nSPS) is 13.2. The van der Waals surface area contributed by atoms with E-state index in [-0.39, 0.29) is 5.91 Å². The van der Waals surface area contributed by atoms with Crippen molar-refractivity contribution in [3.63, 3.8) is 0 Å². The first-order valence-electron chi connectivity index (χ1n) is 4.82. The minimum absolute atomic E-state index is 0.215. The minimum atomic E-state index is -1.08. The van der Waals surface area contributed by atoms with Crippen LogP contribution in [-0.4, -0.2) is 52.6 Å². The van der Waals surface area contributed by atoms with Crippen molar-refractivity contribution < 1.29 is 14.7 Å². The number of hydrogen-bond donors (Lipinski definition) is 1. The smallest absolute Gasteiger partial charge is 0.408 e. The van der Waals surface area contributed by atoms with E-state index in [1.807, 2.05) is 0 Å². The van der Waals surface area contributed by atoms with Gasteiger partial charge in [0.25, 0.3) is 0 Å². The van der Waals surface area contributed by atoms with Crippen molar-refractivity contribution in [2.24, 2.45) is 0 Å². The number of likely N-dealkylation sites (N-methyl/N-ethyl adjacent to an activating group) is 1. The van der Waals surface area contributed by atoms with Crippen LogP contribution in [0.2, 0.25) is 0 Å². The third-order valence-corrected chi connectivity index (χ3v) is 2.11. The molecule has 0 bridgehead atoms. The zero-order chi connectivity index (χ0) is 12.4. The van der Waals surface area contributed by atoms with Crippen LogP contribution in [0, 0.1) is 0 Å². The molecule has 5 heteroatoms. The topological polar surface area (TPSA) is 60.9 Å². The summed E-state index contributed by atoms with van der Waals surface area (Å²) >= 11 is 0. The molecule has 0 heterocycles. The van der Waals surface area contributed by atoms with E-state index in [1.165, 1.54) is 4.90 Å². The van der Waals surface area contributed by atoms with E-state index in [1.54, 1.807) is 41.8 Å². The van der Waals surface area contributed by atoms with Gasteiger partial charge in [0.05, 0.1) is 0 Å². The number of hydrogen-bond acceptors (Lipinski definition) is 2.